The highest BCUT2D eigenvalue weighted by Crippen LogP contribution is 2.24. The largest absolute Gasteiger partial charge is 0.371 e. The van der Waals surface area contributed by atoms with Gasteiger partial charge in [0.15, 0.2) is 0 Å². The number of anilines is 1. The van der Waals surface area contributed by atoms with Gasteiger partial charge in [0.1, 0.15) is 11.5 Å². The second kappa shape index (κ2) is 6.20. The summed E-state index contributed by atoms with van der Waals surface area (Å²) in [5, 5.41) is 15.6. The van der Waals surface area contributed by atoms with Gasteiger partial charge in [-0.1, -0.05) is 5.92 Å². The highest BCUT2D eigenvalue weighted by molar-refractivity contribution is 5.81. The Labute approximate surface area is 102 Å². The summed E-state index contributed by atoms with van der Waals surface area (Å²) in [6.07, 6.45) is 4.95. The molecular formula is C11H10FN3O3. The summed E-state index contributed by atoms with van der Waals surface area (Å²) >= 11 is 0. The minimum Gasteiger partial charge on any atom is -0.371 e. The van der Waals surface area contributed by atoms with E-state index in [1.54, 1.807) is 0 Å². The van der Waals surface area contributed by atoms with E-state index in [0.29, 0.717) is 0 Å². The number of nitro groups is 1. The Balaban J connectivity index is 2.70. The maximum atomic E-state index is 12.8. The highest BCUT2D eigenvalue weighted by Gasteiger charge is 2.15. The van der Waals surface area contributed by atoms with Gasteiger partial charge >= 0.3 is 0 Å². The van der Waals surface area contributed by atoms with Crippen LogP contribution in [0.3, 0.4) is 0 Å². The second-order valence-electron chi connectivity index (χ2n) is 3.25. The van der Waals surface area contributed by atoms with Crippen molar-refractivity contribution in [1.82, 2.24) is 5.32 Å². The number of hydrogen-bond donors (Lipinski definition) is 2. The van der Waals surface area contributed by atoms with Crippen molar-refractivity contribution < 1.29 is 14.1 Å². The van der Waals surface area contributed by atoms with Gasteiger partial charge < -0.3 is 10.6 Å². The van der Waals surface area contributed by atoms with E-state index in [1.165, 1.54) is 6.07 Å². The summed E-state index contributed by atoms with van der Waals surface area (Å²) < 4.78 is 12.8. The smallest absolute Gasteiger partial charge is 0.295 e. The SMILES string of the molecule is C#CCNC(=O)CNc1ccc(F)cc1[N+](=O)[O-]. The van der Waals surface area contributed by atoms with Crippen LogP contribution in [0.2, 0.25) is 0 Å². The van der Waals surface area contributed by atoms with Crippen LogP contribution >= 0.6 is 0 Å². The molecule has 1 amide bonds. The van der Waals surface area contributed by atoms with E-state index in [9.17, 15) is 19.3 Å². The van der Waals surface area contributed by atoms with Crippen molar-refractivity contribution >= 4 is 17.3 Å². The number of nitrogens with one attached hydrogen (secondary N) is 2. The van der Waals surface area contributed by atoms with Crippen LogP contribution in [0.5, 0.6) is 0 Å². The summed E-state index contributed by atoms with van der Waals surface area (Å²) in [5.41, 5.74) is -0.364. The topological polar surface area (TPSA) is 84.3 Å². The molecule has 1 rings (SSSR count). The molecule has 1 aromatic carbocycles. The quantitative estimate of drug-likeness (QED) is 0.462. The lowest BCUT2D eigenvalue weighted by atomic mass is 10.2. The summed E-state index contributed by atoms with van der Waals surface area (Å²) in [6.45, 7) is -0.111. The predicted octanol–water partition coefficient (Wildman–Crippen LogP) is 0.895. The first-order valence-electron chi connectivity index (χ1n) is 4.92. The average Bonchev–Trinajstić information content (AvgIpc) is 2.34. The molecule has 0 saturated carbocycles. The fourth-order valence-corrected chi connectivity index (χ4v) is 1.19. The Morgan fingerprint density at radius 2 is 2.28 bits per heavy atom. The van der Waals surface area contributed by atoms with E-state index in [-0.39, 0.29) is 18.8 Å². The molecule has 0 spiro atoms. The van der Waals surface area contributed by atoms with E-state index in [0.717, 1.165) is 12.1 Å². The van der Waals surface area contributed by atoms with E-state index < -0.39 is 22.3 Å². The second-order valence-corrected chi connectivity index (χ2v) is 3.25. The van der Waals surface area contributed by atoms with Crippen LogP contribution in [-0.2, 0) is 4.79 Å². The normalized spacial score (nSPS) is 9.33. The zero-order valence-corrected chi connectivity index (χ0v) is 9.27. The summed E-state index contributed by atoms with van der Waals surface area (Å²) in [5.74, 6) is 1.09. The monoisotopic (exact) mass is 251 g/mol. The van der Waals surface area contributed by atoms with Crippen LogP contribution in [0, 0.1) is 28.3 Å². The van der Waals surface area contributed by atoms with Gasteiger partial charge in [-0.3, -0.25) is 14.9 Å². The van der Waals surface area contributed by atoms with Gasteiger partial charge in [0, 0.05) is 0 Å². The number of carbonyl (C=O) groups excluding carboxylic acids is 1. The van der Waals surface area contributed by atoms with E-state index in [2.05, 4.69) is 16.6 Å². The fourth-order valence-electron chi connectivity index (χ4n) is 1.19. The summed E-state index contributed by atoms with van der Waals surface area (Å²) in [7, 11) is 0. The van der Waals surface area contributed by atoms with Crippen molar-refractivity contribution in [3.05, 3.63) is 34.1 Å². The minimum atomic E-state index is -0.731. The van der Waals surface area contributed by atoms with Crippen LogP contribution in [0.1, 0.15) is 0 Å². The number of nitro benzene ring substituents is 1. The minimum absolute atomic E-state index is 0.0669. The maximum Gasteiger partial charge on any atom is 0.295 e. The number of rotatable bonds is 5. The molecule has 2 N–H and O–H groups in total. The van der Waals surface area contributed by atoms with Crippen LogP contribution in [0.25, 0.3) is 0 Å². The lowest BCUT2D eigenvalue weighted by Gasteiger charge is -2.06. The van der Waals surface area contributed by atoms with E-state index >= 15 is 0 Å². The zero-order chi connectivity index (χ0) is 13.5. The number of halogens is 1. The fraction of sp³-hybridized carbons (Fsp3) is 0.182. The van der Waals surface area contributed by atoms with Crippen LogP contribution in [-0.4, -0.2) is 23.9 Å². The van der Waals surface area contributed by atoms with Crippen molar-refractivity contribution in [2.24, 2.45) is 0 Å². The lowest BCUT2D eigenvalue weighted by molar-refractivity contribution is -0.384. The molecule has 94 valence electrons. The third kappa shape index (κ3) is 3.75. The molecule has 0 bridgehead atoms. The van der Waals surface area contributed by atoms with Crippen molar-refractivity contribution in [1.29, 1.82) is 0 Å². The molecule has 0 radical (unpaired) electrons. The molecule has 0 atom stereocenters. The molecule has 0 fully saturated rings. The van der Waals surface area contributed by atoms with Gasteiger partial charge in [-0.2, -0.15) is 0 Å². The Bertz CT molecular complexity index is 511. The van der Waals surface area contributed by atoms with E-state index in [4.69, 9.17) is 6.42 Å². The van der Waals surface area contributed by atoms with E-state index in [1.807, 2.05) is 0 Å². The molecule has 0 aliphatic carbocycles. The third-order valence-corrected chi connectivity index (χ3v) is 1.98. The van der Waals surface area contributed by atoms with Gasteiger partial charge in [-0.05, 0) is 12.1 Å². The predicted molar refractivity (Wildman–Crippen MR) is 63.4 cm³/mol. The molecule has 1 aromatic rings. The molecular weight excluding hydrogens is 241 g/mol. The van der Waals surface area contributed by atoms with Gasteiger partial charge in [0.2, 0.25) is 5.91 Å². The average molecular weight is 251 g/mol. The Morgan fingerprint density at radius 1 is 1.56 bits per heavy atom. The molecule has 6 nitrogen and oxygen atoms in total. The first-order chi connectivity index (χ1) is 8.54. The third-order valence-electron chi connectivity index (χ3n) is 1.98. The van der Waals surface area contributed by atoms with Crippen LogP contribution < -0.4 is 10.6 Å². The van der Waals surface area contributed by atoms with Crippen molar-refractivity contribution in [2.75, 3.05) is 18.4 Å². The molecule has 0 saturated heterocycles. The molecule has 0 aromatic heterocycles. The molecule has 0 aliphatic rings. The number of terminal acetylenes is 1. The number of carbonyl (C=O) groups is 1. The molecule has 0 heterocycles. The van der Waals surface area contributed by atoms with Gasteiger partial charge in [0.25, 0.3) is 5.69 Å². The molecule has 0 aliphatic heterocycles. The summed E-state index contributed by atoms with van der Waals surface area (Å²) in [4.78, 5) is 21.1. The van der Waals surface area contributed by atoms with Crippen LogP contribution in [0.4, 0.5) is 15.8 Å². The number of hydrogen-bond acceptors (Lipinski definition) is 4. The van der Waals surface area contributed by atoms with Crippen molar-refractivity contribution in [3.63, 3.8) is 0 Å². The van der Waals surface area contributed by atoms with Gasteiger partial charge in [-0.25, -0.2) is 4.39 Å². The standard InChI is InChI=1S/C11H10FN3O3/c1-2-5-13-11(16)7-14-9-4-3-8(12)6-10(9)15(17)18/h1,3-4,6,14H,5,7H2,(H,13,16). The molecule has 7 heteroatoms. The number of benzene rings is 1. The highest BCUT2D eigenvalue weighted by atomic mass is 19.1. The van der Waals surface area contributed by atoms with Gasteiger partial charge in [-0.15, -0.1) is 6.42 Å². The summed E-state index contributed by atoms with van der Waals surface area (Å²) in [6, 6.07) is 3.04. The number of nitrogens with zero attached hydrogens (tertiary/aromatic N) is 1. The van der Waals surface area contributed by atoms with Crippen molar-refractivity contribution in [2.45, 2.75) is 0 Å². The first kappa shape index (κ1) is 13.4. The maximum absolute atomic E-state index is 12.8. The Kier molecular flexibility index (Phi) is 4.63. The van der Waals surface area contributed by atoms with Crippen molar-refractivity contribution in [3.8, 4) is 12.3 Å². The Morgan fingerprint density at radius 3 is 2.89 bits per heavy atom. The molecule has 0 unspecified atom stereocenters. The van der Waals surface area contributed by atoms with Gasteiger partial charge in [0.05, 0.1) is 24.1 Å². The Hall–Kier alpha value is -2.62. The zero-order valence-electron chi connectivity index (χ0n) is 9.27. The lowest BCUT2D eigenvalue weighted by Crippen LogP contribution is -2.30. The van der Waals surface area contributed by atoms with Crippen LogP contribution in [0.15, 0.2) is 18.2 Å². The molecule has 18 heavy (non-hydrogen) atoms. The number of amides is 1. The first-order valence-corrected chi connectivity index (χ1v) is 4.92.